The summed E-state index contributed by atoms with van der Waals surface area (Å²) in [4.78, 5) is 16.6. The van der Waals surface area contributed by atoms with E-state index in [0.29, 0.717) is 5.69 Å². The monoisotopic (exact) mass is 369 g/mol. The minimum Gasteiger partial charge on any atom is -0.325 e. The Kier molecular flexibility index (Phi) is 5.29. The van der Waals surface area contributed by atoms with E-state index in [9.17, 15) is 13.2 Å². The van der Waals surface area contributed by atoms with Crippen molar-refractivity contribution in [3.05, 3.63) is 66.4 Å². The number of rotatable bonds is 6. The molecular formula is C19H19N3O3S. The number of nitrogens with one attached hydrogen (secondary N) is 2. The number of aromatic nitrogens is 1. The van der Waals surface area contributed by atoms with E-state index < -0.39 is 10.0 Å². The summed E-state index contributed by atoms with van der Waals surface area (Å²) in [7, 11) is -3.62. The third-order valence-corrected chi connectivity index (χ3v) is 5.37. The molecule has 0 saturated carbocycles. The van der Waals surface area contributed by atoms with Gasteiger partial charge in [-0.25, -0.2) is 13.1 Å². The zero-order valence-electron chi connectivity index (χ0n) is 14.3. The Balaban J connectivity index is 1.60. The zero-order valence-corrected chi connectivity index (χ0v) is 15.1. The highest BCUT2D eigenvalue weighted by Gasteiger charge is 2.14. The fourth-order valence-corrected chi connectivity index (χ4v) is 3.56. The van der Waals surface area contributed by atoms with Gasteiger partial charge < -0.3 is 5.32 Å². The summed E-state index contributed by atoms with van der Waals surface area (Å²) in [6.07, 6.45) is 1.72. The van der Waals surface area contributed by atoms with Crippen LogP contribution in [0.5, 0.6) is 0 Å². The number of anilines is 1. The Bertz CT molecular complexity index is 1030. The third kappa shape index (κ3) is 4.25. The van der Waals surface area contributed by atoms with Gasteiger partial charge in [-0.2, -0.15) is 0 Å². The number of amides is 1. The van der Waals surface area contributed by atoms with Crippen molar-refractivity contribution >= 4 is 32.5 Å². The Morgan fingerprint density at radius 3 is 2.58 bits per heavy atom. The van der Waals surface area contributed by atoms with Crippen LogP contribution in [0.25, 0.3) is 10.9 Å². The number of benzene rings is 2. The highest BCUT2D eigenvalue weighted by molar-refractivity contribution is 7.89. The number of aryl methyl sites for hydroxylation is 1. The normalized spacial score (nSPS) is 11.4. The lowest BCUT2D eigenvalue weighted by atomic mass is 10.2. The molecule has 6 nitrogen and oxygen atoms in total. The predicted octanol–water partition coefficient (Wildman–Crippen LogP) is 2.85. The van der Waals surface area contributed by atoms with Crippen LogP contribution >= 0.6 is 0 Å². The van der Waals surface area contributed by atoms with Crippen LogP contribution in [0.4, 0.5) is 5.69 Å². The Morgan fingerprint density at radius 1 is 1.04 bits per heavy atom. The molecule has 2 N–H and O–H groups in total. The minimum atomic E-state index is -3.62. The number of sulfonamides is 1. The van der Waals surface area contributed by atoms with Crippen LogP contribution in [0.3, 0.4) is 0 Å². The molecule has 1 heterocycles. The molecule has 0 aliphatic rings. The van der Waals surface area contributed by atoms with E-state index in [4.69, 9.17) is 0 Å². The summed E-state index contributed by atoms with van der Waals surface area (Å²) in [5, 5.41) is 3.64. The van der Waals surface area contributed by atoms with Crippen molar-refractivity contribution < 1.29 is 13.2 Å². The van der Waals surface area contributed by atoms with Crippen LogP contribution in [0.2, 0.25) is 0 Å². The molecule has 7 heteroatoms. The molecule has 134 valence electrons. The summed E-state index contributed by atoms with van der Waals surface area (Å²) >= 11 is 0. The first-order valence-corrected chi connectivity index (χ1v) is 9.64. The van der Waals surface area contributed by atoms with Crippen molar-refractivity contribution in [2.75, 3.05) is 11.9 Å². The average Bonchev–Trinajstić information content (AvgIpc) is 2.62. The van der Waals surface area contributed by atoms with Gasteiger partial charge in [-0.05, 0) is 43.3 Å². The molecule has 26 heavy (non-hydrogen) atoms. The second-order valence-electron chi connectivity index (χ2n) is 5.88. The lowest BCUT2D eigenvalue weighted by Gasteiger charge is -2.09. The van der Waals surface area contributed by atoms with E-state index in [1.165, 1.54) is 0 Å². The molecule has 0 spiro atoms. The molecule has 1 aromatic heterocycles. The Morgan fingerprint density at radius 2 is 1.81 bits per heavy atom. The molecule has 0 radical (unpaired) electrons. The van der Waals surface area contributed by atoms with Crippen LogP contribution in [0.1, 0.15) is 12.0 Å². The molecule has 2 aromatic carbocycles. The minimum absolute atomic E-state index is 0.0189. The number of fused-ring (bicyclic) bond motifs is 1. The van der Waals surface area contributed by atoms with Crippen molar-refractivity contribution in [3.8, 4) is 0 Å². The van der Waals surface area contributed by atoms with E-state index in [0.717, 1.165) is 16.5 Å². The van der Waals surface area contributed by atoms with Gasteiger partial charge in [-0.15, -0.1) is 0 Å². The number of carbonyl (C=O) groups is 1. The van der Waals surface area contributed by atoms with Crippen molar-refractivity contribution in [2.24, 2.45) is 0 Å². The van der Waals surface area contributed by atoms with Gasteiger partial charge in [0.25, 0.3) is 0 Å². The second kappa shape index (κ2) is 7.63. The Labute approximate surface area is 152 Å². The molecular weight excluding hydrogens is 350 g/mol. The summed E-state index contributed by atoms with van der Waals surface area (Å²) < 4.78 is 26.9. The van der Waals surface area contributed by atoms with Crippen molar-refractivity contribution in [1.29, 1.82) is 0 Å². The van der Waals surface area contributed by atoms with Gasteiger partial charge in [0.1, 0.15) is 0 Å². The topological polar surface area (TPSA) is 88.2 Å². The first-order chi connectivity index (χ1) is 12.5. The molecule has 0 aliphatic heterocycles. The number of hydrogen-bond acceptors (Lipinski definition) is 4. The molecule has 3 aromatic rings. The molecule has 0 fully saturated rings. The summed E-state index contributed by atoms with van der Waals surface area (Å²) in [5.41, 5.74) is 2.42. The smallest absolute Gasteiger partial charge is 0.240 e. The Hall–Kier alpha value is -2.77. The molecule has 3 rings (SSSR count). The number of nitrogens with zero attached hydrogens (tertiary/aromatic N) is 1. The number of carbonyl (C=O) groups excluding carboxylic acids is 1. The quantitative estimate of drug-likeness (QED) is 0.699. The van der Waals surface area contributed by atoms with Crippen molar-refractivity contribution in [1.82, 2.24) is 9.71 Å². The van der Waals surface area contributed by atoms with Gasteiger partial charge in [0, 0.05) is 24.5 Å². The maximum atomic E-state index is 12.2. The molecule has 0 saturated heterocycles. The van der Waals surface area contributed by atoms with E-state index >= 15 is 0 Å². The van der Waals surface area contributed by atoms with E-state index in [-0.39, 0.29) is 23.8 Å². The molecule has 0 bridgehead atoms. The maximum Gasteiger partial charge on any atom is 0.240 e. The average molecular weight is 369 g/mol. The van der Waals surface area contributed by atoms with Gasteiger partial charge in [-0.1, -0.05) is 23.8 Å². The van der Waals surface area contributed by atoms with E-state index in [2.05, 4.69) is 15.0 Å². The van der Waals surface area contributed by atoms with Gasteiger partial charge in [0.15, 0.2) is 0 Å². The van der Waals surface area contributed by atoms with Gasteiger partial charge in [-0.3, -0.25) is 9.78 Å². The first-order valence-electron chi connectivity index (χ1n) is 8.16. The highest BCUT2D eigenvalue weighted by Crippen LogP contribution is 2.21. The van der Waals surface area contributed by atoms with Crippen molar-refractivity contribution in [2.45, 2.75) is 18.2 Å². The van der Waals surface area contributed by atoms with Crippen LogP contribution in [0, 0.1) is 6.92 Å². The fourth-order valence-electron chi connectivity index (χ4n) is 2.52. The van der Waals surface area contributed by atoms with Crippen LogP contribution in [-0.2, 0) is 14.8 Å². The zero-order chi connectivity index (χ0) is 18.6. The van der Waals surface area contributed by atoms with Crippen molar-refractivity contribution in [3.63, 3.8) is 0 Å². The van der Waals surface area contributed by atoms with Crippen LogP contribution in [-0.4, -0.2) is 25.9 Å². The predicted molar refractivity (Wildman–Crippen MR) is 101 cm³/mol. The van der Waals surface area contributed by atoms with E-state index in [1.54, 1.807) is 42.6 Å². The largest absolute Gasteiger partial charge is 0.325 e. The second-order valence-corrected chi connectivity index (χ2v) is 7.65. The lowest BCUT2D eigenvalue weighted by molar-refractivity contribution is -0.116. The third-order valence-electron chi connectivity index (χ3n) is 3.90. The summed E-state index contributed by atoms with van der Waals surface area (Å²) in [5.74, 6) is -0.270. The lowest BCUT2D eigenvalue weighted by Crippen LogP contribution is -2.27. The van der Waals surface area contributed by atoms with Crippen LogP contribution < -0.4 is 10.0 Å². The maximum absolute atomic E-state index is 12.2. The van der Waals surface area contributed by atoms with Gasteiger partial charge in [0.05, 0.1) is 16.1 Å². The van der Waals surface area contributed by atoms with Crippen LogP contribution in [0.15, 0.2) is 65.7 Å². The first kappa shape index (κ1) is 18.0. The molecule has 0 atom stereocenters. The number of hydrogen-bond donors (Lipinski definition) is 2. The number of pyridine rings is 1. The summed E-state index contributed by atoms with van der Waals surface area (Å²) in [6, 6.07) is 15.7. The van der Waals surface area contributed by atoms with Gasteiger partial charge >= 0.3 is 0 Å². The molecule has 1 amide bonds. The fraction of sp³-hybridized carbons (Fsp3) is 0.158. The molecule has 0 aliphatic carbocycles. The SMILES string of the molecule is Cc1ccc(S(=O)(=O)NCCC(=O)Nc2cccc3ncccc23)cc1. The standard InChI is InChI=1S/C19H19N3O3S/c1-14-7-9-15(10-8-14)26(24,25)21-13-11-19(23)22-18-6-2-5-17-16(18)4-3-12-20-17/h2-10,12,21H,11,13H2,1H3,(H,22,23). The highest BCUT2D eigenvalue weighted by atomic mass is 32.2. The molecule has 0 unspecified atom stereocenters. The van der Waals surface area contributed by atoms with E-state index in [1.807, 2.05) is 25.1 Å². The summed E-state index contributed by atoms with van der Waals surface area (Å²) in [6.45, 7) is 1.90. The van der Waals surface area contributed by atoms with Gasteiger partial charge in [0.2, 0.25) is 15.9 Å².